The molecule has 0 aromatic heterocycles. The van der Waals surface area contributed by atoms with Gasteiger partial charge in [0.25, 0.3) is 11.8 Å². The molecule has 0 saturated heterocycles. The average Bonchev–Trinajstić information content (AvgIpc) is 3.16. The number of nitrogens with zero attached hydrogens (tertiary/aromatic N) is 1. The van der Waals surface area contributed by atoms with Gasteiger partial charge in [-0.2, -0.15) is 0 Å². The zero-order chi connectivity index (χ0) is 28.4. The fraction of sp³-hybridized carbons (Fsp3) is 0.636. The van der Waals surface area contributed by atoms with E-state index < -0.39 is 29.4 Å². The molecule has 14 nitrogen and oxygen atoms in total. The summed E-state index contributed by atoms with van der Waals surface area (Å²) in [5.74, 6) is -3.54. The van der Waals surface area contributed by atoms with Crippen LogP contribution >= 0.6 is 21.6 Å². The fourth-order valence-electron chi connectivity index (χ4n) is 2.90. The normalized spacial score (nSPS) is 13.2. The third-order valence-electron chi connectivity index (χ3n) is 4.72. The Bertz CT molecular complexity index is 794. The Labute approximate surface area is 226 Å². The Morgan fingerprint density at radius 1 is 0.737 bits per heavy atom. The molecule has 0 spiro atoms. The van der Waals surface area contributed by atoms with Crippen molar-refractivity contribution < 1.29 is 58.3 Å². The summed E-state index contributed by atoms with van der Waals surface area (Å²) in [4.78, 5) is 69.3. The van der Waals surface area contributed by atoms with Crippen molar-refractivity contribution in [2.45, 2.75) is 31.2 Å². The highest BCUT2D eigenvalue weighted by Gasteiger charge is 2.34. The van der Waals surface area contributed by atoms with E-state index in [2.05, 4.69) is 5.32 Å². The highest BCUT2D eigenvalue weighted by Crippen LogP contribution is 2.22. The van der Waals surface area contributed by atoms with Crippen LogP contribution in [0, 0.1) is 0 Å². The molecule has 38 heavy (non-hydrogen) atoms. The highest BCUT2D eigenvalue weighted by atomic mass is 33.1. The van der Waals surface area contributed by atoms with Gasteiger partial charge in [-0.15, -0.1) is 0 Å². The first kappa shape index (κ1) is 33.4. The molecule has 0 bridgehead atoms. The molecule has 1 aliphatic heterocycles. The standard InChI is InChI=1S/C22H32N2O12S2/c25-16(6-11-37-38-12-7-24-17(26)1-2-18(24)27)23-22(13-34-8-3-19(28)29,14-35-9-4-20(30)31)15-36-10-5-21(32)33/h1-2H,3-15H2,(H,23,25)(H,28,29)(H,30,31)(H,32,33). The predicted octanol–water partition coefficient (Wildman–Crippen LogP) is 0.0118. The van der Waals surface area contributed by atoms with Gasteiger partial charge < -0.3 is 34.8 Å². The number of ether oxygens (including phenoxy) is 3. The highest BCUT2D eigenvalue weighted by molar-refractivity contribution is 8.76. The molecule has 1 rings (SSSR count). The number of carboxylic acids is 3. The van der Waals surface area contributed by atoms with Crippen LogP contribution in [0.5, 0.6) is 0 Å². The first-order valence-corrected chi connectivity index (χ1v) is 14.0. The maximum atomic E-state index is 12.7. The Morgan fingerprint density at radius 3 is 1.58 bits per heavy atom. The molecule has 0 unspecified atom stereocenters. The monoisotopic (exact) mass is 580 g/mol. The van der Waals surface area contributed by atoms with Crippen LogP contribution in [-0.2, 0) is 43.0 Å². The Kier molecular flexibility index (Phi) is 16.3. The Hall–Kier alpha value is -2.66. The number of carbonyl (C=O) groups excluding carboxylic acids is 3. The molecule has 0 aliphatic carbocycles. The fourth-order valence-corrected chi connectivity index (χ4v) is 4.85. The number of carboxylic acid groups (broad SMARTS) is 3. The molecule has 0 saturated carbocycles. The summed E-state index contributed by atoms with van der Waals surface area (Å²) < 4.78 is 16.3. The molecule has 1 heterocycles. The Morgan fingerprint density at radius 2 is 1.16 bits per heavy atom. The SMILES string of the molecule is O=C(O)CCOCC(COCCC(=O)O)(COCCC(=O)O)NC(=O)CCSSCCN1C(=O)C=CC1=O. The minimum Gasteiger partial charge on any atom is -0.481 e. The van der Waals surface area contributed by atoms with Gasteiger partial charge in [0.1, 0.15) is 5.54 Å². The van der Waals surface area contributed by atoms with Crippen LogP contribution in [0.2, 0.25) is 0 Å². The lowest BCUT2D eigenvalue weighted by Gasteiger charge is -2.34. The number of imide groups is 1. The molecule has 0 radical (unpaired) electrons. The van der Waals surface area contributed by atoms with Crippen molar-refractivity contribution in [3.63, 3.8) is 0 Å². The number of amides is 3. The molecular weight excluding hydrogens is 548 g/mol. The number of nitrogens with one attached hydrogen (secondary N) is 1. The molecule has 3 amide bonds. The quantitative estimate of drug-likeness (QED) is 0.0714. The van der Waals surface area contributed by atoms with Crippen LogP contribution in [0.1, 0.15) is 25.7 Å². The van der Waals surface area contributed by atoms with Crippen molar-refractivity contribution in [3.05, 3.63) is 12.2 Å². The number of aliphatic carboxylic acids is 3. The van der Waals surface area contributed by atoms with Crippen molar-refractivity contribution in [1.29, 1.82) is 0 Å². The summed E-state index contributed by atoms with van der Waals surface area (Å²) >= 11 is 0. The van der Waals surface area contributed by atoms with E-state index in [4.69, 9.17) is 29.5 Å². The second kappa shape index (κ2) is 18.6. The third-order valence-corrected chi connectivity index (χ3v) is 7.10. The van der Waals surface area contributed by atoms with Gasteiger partial charge in [0.15, 0.2) is 0 Å². The van der Waals surface area contributed by atoms with E-state index in [0.29, 0.717) is 11.5 Å². The molecule has 4 N–H and O–H groups in total. The molecular formula is C22H32N2O12S2. The number of rotatable bonds is 23. The van der Waals surface area contributed by atoms with Crippen molar-refractivity contribution in [2.24, 2.45) is 0 Å². The van der Waals surface area contributed by atoms with E-state index in [1.54, 1.807) is 0 Å². The third kappa shape index (κ3) is 14.9. The van der Waals surface area contributed by atoms with Crippen LogP contribution in [0.25, 0.3) is 0 Å². The zero-order valence-electron chi connectivity index (χ0n) is 20.6. The lowest BCUT2D eigenvalue weighted by Crippen LogP contribution is -2.58. The van der Waals surface area contributed by atoms with Crippen LogP contribution in [0.3, 0.4) is 0 Å². The van der Waals surface area contributed by atoms with Gasteiger partial charge >= 0.3 is 17.9 Å². The summed E-state index contributed by atoms with van der Waals surface area (Å²) in [6, 6.07) is 0. The van der Waals surface area contributed by atoms with E-state index in [1.165, 1.54) is 33.7 Å². The van der Waals surface area contributed by atoms with Crippen molar-refractivity contribution in [1.82, 2.24) is 10.2 Å². The van der Waals surface area contributed by atoms with Crippen molar-refractivity contribution >= 4 is 57.2 Å². The van der Waals surface area contributed by atoms with Gasteiger partial charge in [-0.3, -0.25) is 33.7 Å². The minimum atomic E-state index is -1.33. The van der Waals surface area contributed by atoms with Gasteiger partial charge in [-0.25, -0.2) is 0 Å². The van der Waals surface area contributed by atoms with Crippen molar-refractivity contribution in [3.8, 4) is 0 Å². The molecule has 0 atom stereocenters. The minimum absolute atomic E-state index is 0.0575. The van der Waals surface area contributed by atoms with Crippen LogP contribution in [0.15, 0.2) is 12.2 Å². The lowest BCUT2D eigenvalue weighted by atomic mass is 10.0. The van der Waals surface area contributed by atoms with Crippen LogP contribution in [0.4, 0.5) is 0 Å². The Balaban J connectivity index is 2.64. The summed E-state index contributed by atoms with van der Waals surface area (Å²) in [6.07, 6.45) is 1.60. The van der Waals surface area contributed by atoms with Gasteiger partial charge in [-0.05, 0) is 0 Å². The summed E-state index contributed by atoms with van der Waals surface area (Å²) in [7, 11) is 2.75. The largest absolute Gasteiger partial charge is 0.481 e. The van der Waals surface area contributed by atoms with Gasteiger partial charge in [-0.1, -0.05) is 21.6 Å². The predicted molar refractivity (Wildman–Crippen MR) is 135 cm³/mol. The molecule has 16 heteroatoms. The maximum absolute atomic E-state index is 12.7. The van der Waals surface area contributed by atoms with Crippen molar-refractivity contribution in [2.75, 3.05) is 57.7 Å². The molecule has 0 aromatic carbocycles. The first-order valence-electron chi connectivity index (χ1n) is 11.5. The average molecular weight is 581 g/mol. The summed E-state index contributed by atoms with van der Waals surface area (Å²) in [5, 5.41) is 29.3. The number of hydrogen-bond acceptors (Lipinski definition) is 11. The zero-order valence-corrected chi connectivity index (χ0v) is 22.3. The van der Waals surface area contributed by atoms with E-state index >= 15 is 0 Å². The number of carbonyl (C=O) groups is 6. The second-order valence-corrected chi connectivity index (χ2v) is 10.7. The van der Waals surface area contributed by atoms with Gasteiger partial charge in [0, 0.05) is 36.6 Å². The smallest absolute Gasteiger partial charge is 0.305 e. The topological polar surface area (TPSA) is 206 Å². The maximum Gasteiger partial charge on any atom is 0.305 e. The van der Waals surface area contributed by atoms with E-state index in [-0.39, 0.29) is 83.7 Å². The molecule has 0 fully saturated rings. The molecule has 0 aromatic rings. The van der Waals surface area contributed by atoms with E-state index in [1.807, 2.05) is 0 Å². The van der Waals surface area contributed by atoms with E-state index in [0.717, 1.165) is 4.90 Å². The molecule has 1 aliphatic rings. The van der Waals surface area contributed by atoms with Gasteiger partial charge in [0.05, 0.1) is 58.9 Å². The van der Waals surface area contributed by atoms with Gasteiger partial charge in [0.2, 0.25) is 5.91 Å². The first-order chi connectivity index (χ1) is 18.0. The lowest BCUT2D eigenvalue weighted by molar-refractivity contribution is -0.140. The van der Waals surface area contributed by atoms with Crippen LogP contribution in [-0.4, -0.2) is 119 Å². The van der Waals surface area contributed by atoms with E-state index in [9.17, 15) is 28.8 Å². The summed E-state index contributed by atoms with van der Waals surface area (Å²) in [5.41, 5.74) is -1.33. The summed E-state index contributed by atoms with van der Waals surface area (Å²) in [6.45, 7) is -0.920. The second-order valence-electron chi connectivity index (χ2n) is 7.97. The molecule has 214 valence electrons. The number of hydrogen-bond donors (Lipinski definition) is 4. The van der Waals surface area contributed by atoms with Crippen LogP contribution < -0.4 is 5.32 Å².